The van der Waals surface area contributed by atoms with Crippen molar-refractivity contribution in [1.29, 1.82) is 0 Å². The van der Waals surface area contributed by atoms with Crippen LogP contribution in [0.4, 0.5) is 0 Å². The minimum Gasteiger partial charge on any atom is -0.373 e. The normalized spacial score (nSPS) is 12.7. The topological polar surface area (TPSA) is 81.1 Å². The van der Waals surface area contributed by atoms with Crippen LogP contribution in [0, 0.1) is 0 Å². The highest BCUT2D eigenvalue weighted by atomic mass is 16.3. The van der Waals surface area contributed by atoms with Gasteiger partial charge < -0.3 is 15.4 Å². The summed E-state index contributed by atoms with van der Waals surface area (Å²) in [6.45, 7) is 2.05. The first-order chi connectivity index (χ1) is 6.65. The van der Waals surface area contributed by atoms with Crippen LogP contribution in [0.3, 0.4) is 0 Å². The van der Waals surface area contributed by atoms with Gasteiger partial charge in [0.15, 0.2) is 0 Å². The lowest BCUT2D eigenvalue weighted by Crippen LogP contribution is -2.11. The van der Waals surface area contributed by atoms with Crippen LogP contribution in [0.25, 0.3) is 0 Å². The predicted octanol–water partition coefficient (Wildman–Crippen LogP) is 0.663. The van der Waals surface area contributed by atoms with Gasteiger partial charge in [-0.3, -0.25) is 4.79 Å². The van der Waals surface area contributed by atoms with Crippen LogP contribution in [0.15, 0.2) is 12.5 Å². The maximum Gasteiger partial charge on any atom is 0.268 e. The molecule has 5 heteroatoms. The van der Waals surface area contributed by atoms with Gasteiger partial charge in [0.2, 0.25) is 0 Å². The quantitative estimate of drug-likeness (QED) is 0.727. The molecule has 1 aromatic heterocycles. The van der Waals surface area contributed by atoms with Gasteiger partial charge in [-0.25, -0.2) is 4.98 Å². The third-order valence-electron chi connectivity index (χ3n) is 2.01. The van der Waals surface area contributed by atoms with Gasteiger partial charge in [-0.15, -0.1) is 0 Å². The second kappa shape index (κ2) is 4.76. The van der Waals surface area contributed by atoms with E-state index in [-0.39, 0.29) is 5.69 Å². The number of imidazole rings is 1. The van der Waals surface area contributed by atoms with Crippen LogP contribution in [0.5, 0.6) is 0 Å². The standard InChI is InChI=1S/C9H15N3O2/c1-2-3-4-8(13)12-5-7(9(10)14)11-6-12/h5-6,8,13H,2-4H2,1H3,(H2,10,14). The maximum atomic E-state index is 10.7. The second-order valence-electron chi connectivity index (χ2n) is 3.19. The van der Waals surface area contributed by atoms with E-state index in [2.05, 4.69) is 11.9 Å². The average molecular weight is 197 g/mol. The Morgan fingerprint density at radius 2 is 2.50 bits per heavy atom. The van der Waals surface area contributed by atoms with Gasteiger partial charge >= 0.3 is 0 Å². The predicted molar refractivity (Wildman–Crippen MR) is 51.5 cm³/mol. The Bertz CT molecular complexity index is 309. The van der Waals surface area contributed by atoms with E-state index in [4.69, 9.17) is 5.73 Å². The number of hydrogen-bond donors (Lipinski definition) is 2. The number of amides is 1. The lowest BCUT2D eigenvalue weighted by atomic mass is 10.2. The summed E-state index contributed by atoms with van der Waals surface area (Å²) in [4.78, 5) is 14.5. The molecule has 1 rings (SSSR count). The van der Waals surface area contributed by atoms with Gasteiger partial charge in [0.1, 0.15) is 11.9 Å². The van der Waals surface area contributed by atoms with Gasteiger partial charge in [-0.05, 0) is 12.8 Å². The van der Waals surface area contributed by atoms with Crippen molar-refractivity contribution in [2.45, 2.75) is 32.4 Å². The molecule has 1 aromatic rings. The Morgan fingerprint density at radius 3 is 3.00 bits per heavy atom. The molecule has 0 saturated carbocycles. The SMILES string of the molecule is CCCCC(O)n1cnc(C(N)=O)c1. The fourth-order valence-corrected chi connectivity index (χ4v) is 1.16. The zero-order chi connectivity index (χ0) is 10.6. The van der Waals surface area contributed by atoms with E-state index in [1.54, 1.807) is 0 Å². The Kier molecular flexibility index (Phi) is 3.64. The average Bonchev–Trinajstić information content (AvgIpc) is 2.62. The summed E-state index contributed by atoms with van der Waals surface area (Å²) < 4.78 is 1.50. The third-order valence-corrected chi connectivity index (χ3v) is 2.01. The fourth-order valence-electron chi connectivity index (χ4n) is 1.16. The summed E-state index contributed by atoms with van der Waals surface area (Å²) in [5.74, 6) is -0.577. The minimum absolute atomic E-state index is 0.181. The molecule has 0 radical (unpaired) electrons. The largest absolute Gasteiger partial charge is 0.373 e. The summed E-state index contributed by atoms with van der Waals surface area (Å²) in [7, 11) is 0. The van der Waals surface area contributed by atoms with Crippen LogP contribution in [0.2, 0.25) is 0 Å². The highest BCUT2D eigenvalue weighted by molar-refractivity contribution is 5.90. The van der Waals surface area contributed by atoms with Crippen LogP contribution in [0.1, 0.15) is 42.9 Å². The molecule has 5 nitrogen and oxygen atoms in total. The van der Waals surface area contributed by atoms with Crippen molar-refractivity contribution in [3.63, 3.8) is 0 Å². The number of aliphatic hydroxyl groups is 1. The first kappa shape index (κ1) is 10.7. The number of aliphatic hydroxyl groups excluding tert-OH is 1. The second-order valence-corrected chi connectivity index (χ2v) is 3.19. The number of primary amides is 1. The molecule has 0 saturated heterocycles. The zero-order valence-electron chi connectivity index (χ0n) is 8.18. The van der Waals surface area contributed by atoms with Crippen molar-refractivity contribution < 1.29 is 9.90 Å². The van der Waals surface area contributed by atoms with Crippen LogP contribution < -0.4 is 5.73 Å². The van der Waals surface area contributed by atoms with E-state index >= 15 is 0 Å². The number of aromatic nitrogens is 2. The Hall–Kier alpha value is -1.36. The molecule has 0 aromatic carbocycles. The molecule has 0 aliphatic rings. The van der Waals surface area contributed by atoms with Gasteiger partial charge in [-0.1, -0.05) is 13.3 Å². The summed E-state index contributed by atoms with van der Waals surface area (Å²) in [6.07, 6.45) is 4.88. The van der Waals surface area contributed by atoms with Crippen molar-refractivity contribution in [3.05, 3.63) is 18.2 Å². The lowest BCUT2D eigenvalue weighted by Gasteiger charge is -2.10. The minimum atomic E-state index is -0.615. The number of rotatable bonds is 5. The molecule has 1 amide bonds. The van der Waals surface area contributed by atoms with Crippen LogP contribution >= 0.6 is 0 Å². The molecule has 0 bridgehead atoms. The summed E-state index contributed by atoms with van der Waals surface area (Å²) in [5.41, 5.74) is 5.21. The molecular formula is C9H15N3O2. The molecule has 0 aliphatic heterocycles. The number of unbranched alkanes of at least 4 members (excludes halogenated alkanes) is 1. The smallest absolute Gasteiger partial charge is 0.268 e. The van der Waals surface area contributed by atoms with Crippen LogP contribution in [-0.4, -0.2) is 20.6 Å². The number of carbonyl (C=O) groups is 1. The van der Waals surface area contributed by atoms with Crippen molar-refractivity contribution in [2.75, 3.05) is 0 Å². The summed E-state index contributed by atoms with van der Waals surface area (Å²) >= 11 is 0. The van der Waals surface area contributed by atoms with Crippen LogP contribution in [-0.2, 0) is 0 Å². The van der Waals surface area contributed by atoms with Crippen molar-refractivity contribution >= 4 is 5.91 Å². The molecule has 1 atom stereocenters. The van der Waals surface area contributed by atoms with E-state index in [9.17, 15) is 9.90 Å². The molecule has 1 unspecified atom stereocenters. The molecule has 1 heterocycles. The molecule has 78 valence electrons. The lowest BCUT2D eigenvalue weighted by molar-refractivity contribution is 0.0915. The molecule has 14 heavy (non-hydrogen) atoms. The van der Waals surface area contributed by atoms with E-state index in [1.807, 2.05) is 0 Å². The van der Waals surface area contributed by atoms with E-state index in [1.165, 1.54) is 17.1 Å². The maximum absolute atomic E-state index is 10.7. The number of nitrogens with zero attached hydrogens (tertiary/aromatic N) is 2. The summed E-state index contributed by atoms with van der Waals surface area (Å²) in [5, 5.41) is 9.62. The number of nitrogens with two attached hydrogens (primary N) is 1. The fraction of sp³-hybridized carbons (Fsp3) is 0.556. The van der Waals surface area contributed by atoms with Gasteiger partial charge in [-0.2, -0.15) is 0 Å². The first-order valence-corrected chi connectivity index (χ1v) is 4.66. The molecule has 0 aliphatic carbocycles. The highest BCUT2D eigenvalue weighted by Gasteiger charge is 2.09. The Morgan fingerprint density at radius 1 is 1.79 bits per heavy atom. The van der Waals surface area contributed by atoms with Crippen molar-refractivity contribution in [1.82, 2.24) is 9.55 Å². The van der Waals surface area contributed by atoms with E-state index in [0.29, 0.717) is 6.42 Å². The molecular weight excluding hydrogens is 182 g/mol. The van der Waals surface area contributed by atoms with Gasteiger partial charge in [0.25, 0.3) is 5.91 Å². The van der Waals surface area contributed by atoms with Gasteiger partial charge in [0.05, 0.1) is 6.33 Å². The number of hydrogen-bond acceptors (Lipinski definition) is 3. The molecule has 0 fully saturated rings. The third kappa shape index (κ3) is 2.56. The van der Waals surface area contributed by atoms with Crippen molar-refractivity contribution in [2.24, 2.45) is 5.73 Å². The van der Waals surface area contributed by atoms with E-state index in [0.717, 1.165) is 12.8 Å². The highest BCUT2D eigenvalue weighted by Crippen LogP contribution is 2.11. The monoisotopic (exact) mass is 197 g/mol. The Balaban J connectivity index is 2.61. The number of carbonyl (C=O) groups excluding carboxylic acids is 1. The van der Waals surface area contributed by atoms with E-state index < -0.39 is 12.1 Å². The first-order valence-electron chi connectivity index (χ1n) is 4.66. The molecule has 3 N–H and O–H groups in total. The van der Waals surface area contributed by atoms with Gasteiger partial charge in [0, 0.05) is 6.20 Å². The van der Waals surface area contributed by atoms with Crippen molar-refractivity contribution in [3.8, 4) is 0 Å². The summed E-state index contributed by atoms with van der Waals surface area (Å²) in [6, 6.07) is 0. The molecule has 0 spiro atoms. The zero-order valence-corrected chi connectivity index (χ0v) is 8.18. The Labute approximate surface area is 82.6 Å².